The molecule has 1 saturated heterocycles. The van der Waals surface area contributed by atoms with Gasteiger partial charge in [-0.25, -0.2) is 0 Å². The van der Waals surface area contributed by atoms with Crippen molar-refractivity contribution < 1.29 is 9.59 Å². The van der Waals surface area contributed by atoms with E-state index >= 15 is 0 Å². The maximum absolute atomic E-state index is 12.7. The Hall–Kier alpha value is -3.34. The Morgan fingerprint density at radius 1 is 1.00 bits per heavy atom. The zero-order chi connectivity index (χ0) is 19.7. The van der Waals surface area contributed by atoms with Crippen molar-refractivity contribution in [3.8, 4) is 0 Å². The summed E-state index contributed by atoms with van der Waals surface area (Å²) in [5.41, 5.74) is 2.65. The van der Waals surface area contributed by atoms with Gasteiger partial charge in [-0.2, -0.15) is 0 Å². The zero-order valence-electron chi connectivity index (χ0n) is 16.1. The van der Waals surface area contributed by atoms with Gasteiger partial charge in [0.25, 0.3) is 0 Å². The van der Waals surface area contributed by atoms with Gasteiger partial charge in [-0.3, -0.25) is 9.59 Å². The lowest BCUT2D eigenvalue weighted by Crippen LogP contribution is -2.28. The van der Waals surface area contributed by atoms with E-state index < -0.39 is 0 Å². The molecule has 1 heterocycles. The molecule has 142 valence electrons. The number of nitrogens with one attached hydrogen (secondary N) is 1. The molecule has 0 aliphatic carbocycles. The zero-order valence-corrected chi connectivity index (χ0v) is 16.1. The van der Waals surface area contributed by atoms with E-state index in [9.17, 15) is 9.59 Å². The molecule has 5 nitrogen and oxygen atoms in total. The number of amides is 2. The van der Waals surface area contributed by atoms with Crippen LogP contribution in [0.2, 0.25) is 0 Å². The molecule has 0 bridgehead atoms. The second kappa shape index (κ2) is 7.35. The lowest BCUT2D eigenvalue weighted by atomic mass is 10.1. The number of carbonyl (C=O) groups excluding carboxylic acids is 2. The summed E-state index contributed by atoms with van der Waals surface area (Å²) >= 11 is 0. The second-order valence-electron chi connectivity index (χ2n) is 7.37. The highest BCUT2D eigenvalue weighted by atomic mass is 16.2. The molecule has 1 atom stereocenters. The number of nitrogens with zero attached hydrogens (tertiary/aromatic N) is 2. The van der Waals surface area contributed by atoms with E-state index in [1.54, 1.807) is 4.90 Å². The number of carbonyl (C=O) groups is 2. The third kappa shape index (κ3) is 3.56. The Labute approximate surface area is 164 Å². The molecule has 1 aliphatic rings. The summed E-state index contributed by atoms with van der Waals surface area (Å²) in [6.45, 7) is 0.402. The van der Waals surface area contributed by atoms with Crippen LogP contribution in [0, 0.1) is 5.92 Å². The summed E-state index contributed by atoms with van der Waals surface area (Å²) < 4.78 is 0. The first kappa shape index (κ1) is 18.0. The Kier molecular flexibility index (Phi) is 4.74. The molecule has 0 radical (unpaired) electrons. The number of fused-ring (bicyclic) bond motifs is 1. The smallest absolute Gasteiger partial charge is 0.229 e. The first-order chi connectivity index (χ1) is 13.5. The van der Waals surface area contributed by atoms with Crippen LogP contribution < -0.4 is 15.1 Å². The van der Waals surface area contributed by atoms with Crippen molar-refractivity contribution in [3.63, 3.8) is 0 Å². The van der Waals surface area contributed by atoms with Gasteiger partial charge >= 0.3 is 0 Å². The fraction of sp³-hybridized carbons (Fsp3) is 0.217. The van der Waals surface area contributed by atoms with Crippen LogP contribution in [0.4, 0.5) is 17.1 Å². The number of anilines is 3. The van der Waals surface area contributed by atoms with Gasteiger partial charge in [-0.1, -0.05) is 30.3 Å². The van der Waals surface area contributed by atoms with Crippen molar-refractivity contribution in [2.24, 2.45) is 5.92 Å². The fourth-order valence-corrected chi connectivity index (χ4v) is 3.56. The van der Waals surface area contributed by atoms with Crippen LogP contribution in [-0.2, 0) is 9.59 Å². The molecule has 1 fully saturated rings. The highest BCUT2D eigenvalue weighted by Crippen LogP contribution is 2.29. The van der Waals surface area contributed by atoms with Crippen LogP contribution in [-0.4, -0.2) is 32.5 Å². The highest BCUT2D eigenvalue weighted by molar-refractivity contribution is 6.04. The van der Waals surface area contributed by atoms with Crippen molar-refractivity contribution in [1.29, 1.82) is 0 Å². The number of hydrogen-bond donors (Lipinski definition) is 1. The Morgan fingerprint density at radius 2 is 1.71 bits per heavy atom. The van der Waals surface area contributed by atoms with Crippen molar-refractivity contribution in [3.05, 3.63) is 66.7 Å². The minimum absolute atomic E-state index is 0.0154. The van der Waals surface area contributed by atoms with Crippen molar-refractivity contribution in [1.82, 2.24) is 0 Å². The normalized spacial score (nSPS) is 16.4. The maximum Gasteiger partial charge on any atom is 0.229 e. The largest absolute Gasteiger partial charge is 0.378 e. The molecule has 3 aromatic carbocycles. The molecule has 4 rings (SSSR count). The van der Waals surface area contributed by atoms with E-state index in [0.717, 1.165) is 27.8 Å². The number of hydrogen-bond acceptors (Lipinski definition) is 3. The minimum atomic E-state index is -0.354. The minimum Gasteiger partial charge on any atom is -0.378 e. The van der Waals surface area contributed by atoms with Crippen LogP contribution in [0.25, 0.3) is 10.8 Å². The molecular formula is C23H23N3O2. The average molecular weight is 373 g/mol. The molecule has 1 aliphatic heterocycles. The van der Waals surface area contributed by atoms with Crippen LogP contribution in [0.1, 0.15) is 6.42 Å². The van der Waals surface area contributed by atoms with Gasteiger partial charge in [0.2, 0.25) is 11.8 Å². The van der Waals surface area contributed by atoms with Gasteiger partial charge in [0.15, 0.2) is 0 Å². The lowest BCUT2D eigenvalue weighted by molar-refractivity contribution is -0.122. The predicted octanol–water partition coefficient (Wildman–Crippen LogP) is 3.90. The second-order valence-corrected chi connectivity index (χ2v) is 7.37. The summed E-state index contributed by atoms with van der Waals surface area (Å²) in [7, 11) is 3.94. The third-order valence-electron chi connectivity index (χ3n) is 5.19. The predicted molar refractivity (Wildman–Crippen MR) is 114 cm³/mol. The quantitative estimate of drug-likeness (QED) is 0.755. The number of rotatable bonds is 4. The molecular weight excluding hydrogens is 350 g/mol. The van der Waals surface area contributed by atoms with Crippen LogP contribution in [0.3, 0.4) is 0 Å². The molecule has 2 amide bonds. The summed E-state index contributed by atoms with van der Waals surface area (Å²) in [6.07, 6.45) is 0.231. The van der Waals surface area contributed by atoms with Gasteiger partial charge in [0.05, 0.1) is 5.92 Å². The van der Waals surface area contributed by atoms with E-state index in [4.69, 9.17) is 0 Å². The van der Waals surface area contributed by atoms with E-state index in [0.29, 0.717) is 6.54 Å². The van der Waals surface area contributed by atoms with Gasteiger partial charge in [-0.05, 0) is 47.2 Å². The van der Waals surface area contributed by atoms with E-state index in [-0.39, 0.29) is 24.2 Å². The van der Waals surface area contributed by atoms with Crippen molar-refractivity contribution >= 4 is 39.6 Å². The third-order valence-corrected chi connectivity index (χ3v) is 5.19. The van der Waals surface area contributed by atoms with Gasteiger partial charge in [-0.15, -0.1) is 0 Å². The van der Waals surface area contributed by atoms with Gasteiger partial charge < -0.3 is 15.1 Å². The lowest BCUT2D eigenvalue weighted by Gasteiger charge is -2.17. The monoisotopic (exact) mass is 373 g/mol. The molecule has 1 unspecified atom stereocenters. The first-order valence-electron chi connectivity index (χ1n) is 9.39. The van der Waals surface area contributed by atoms with Gasteiger partial charge in [0, 0.05) is 44.1 Å². The standard InChI is InChI=1S/C23H23N3O2/c1-25(2)20-11-8-19(9-12-20)24-23(28)18-14-22(27)26(15-18)21-10-7-16-5-3-4-6-17(16)13-21/h3-13,18H,14-15H2,1-2H3,(H,24,28). The summed E-state index contributed by atoms with van der Waals surface area (Å²) in [5.74, 6) is -0.486. The SMILES string of the molecule is CN(C)c1ccc(NC(=O)C2CC(=O)N(c3ccc4ccccc4c3)C2)cc1. The summed E-state index contributed by atoms with van der Waals surface area (Å²) in [5, 5.41) is 5.15. The Bertz CT molecular complexity index is 1030. The van der Waals surface area contributed by atoms with Crippen molar-refractivity contribution in [2.45, 2.75) is 6.42 Å². The Balaban J connectivity index is 1.46. The summed E-state index contributed by atoms with van der Waals surface area (Å²) in [6, 6.07) is 21.7. The first-order valence-corrected chi connectivity index (χ1v) is 9.39. The topological polar surface area (TPSA) is 52.7 Å². The van der Waals surface area contributed by atoms with Crippen LogP contribution >= 0.6 is 0 Å². The Morgan fingerprint density at radius 3 is 2.43 bits per heavy atom. The van der Waals surface area contributed by atoms with E-state index in [1.807, 2.05) is 85.7 Å². The fourth-order valence-electron chi connectivity index (χ4n) is 3.56. The van der Waals surface area contributed by atoms with Crippen LogP contribution in [0.5, 0.6) is 0 Å². The maximum atomic E-state index is 12.7. The summed E-state index contributed by atoms with van der Waals surface area (Å²) in [4.78, 5) is 28.9. The van der Waals surface area contributed by atoms with Crippen molar-refractivity contribution in [2.75, 3.05) is 35.8 Å². The molecule has 0 saturated carbocycles. The van der Waals surface area contributed by atoms with Crippen LogP contribution in [0.15, 0.2) is 66.7 Å². The molecule has 3 aromatic rings. The molecule has 1 N–H and O–H groups in total. The molecule has 5 heteroatoms. The van der Waals surface area contributed by atoms with E-state index in [2.05, 4.69) is 5.32 Å². The van der Waals surface area contributed by atoms with E-state index in [1.165, 1.54) is 0 Å². The van der Waals surface area contributed by atoms with Gasteiger partial charge in [0.1, 0.15) is 0 Å². The number of benzene rings is 3. The molecule has 0 spiro atoms. The molecule has 28 heavy (non-hydrogen) atoms. The molecule has 0 aromatic heterocycles. The average Bonchev–Trinajstić information content (AvgIpc) is 3.10. The highest BCUT2D eigenvalue weighted by Gasteiger charge is 2.35.